The first kappa shape index (κ1) is 8.26. The fourth-order valence-electron chi connectivity index (χ4n) is 1.12. The Balaban J connectivity index is 2.13. The summed E-state index contributed by atoms with van der Waals surface area (Å²) in [7, 11) is 0. The first-order chi connectivity index (χ1) is 5.77. The highest BCUT2D eigenvalue weighted by Gasteiger charge is 2.21. The maximum absolute atomic E-state index is 11.6. The van der Waals surface area contributed by atoms with Gasteiger partial charge in [-0.3, -0.25) is 4.79 Å². The van der Waals surface area contributed by atoms with Crippen LogP contribution in [0.5, 0.6) is 0 Å². The molecule has 0 saturated carbocycles. The molecule has 1 saturated heterocycles. The minimum Gasteiger partial charge on any atom is -0.338 e. The number of thiophene rings is 1. The molecule has 0 unspecified atom stereocenters. The van der Waals surface area contributed by atoms with Gasteiger partial charge in [0, 0.05) is 18.5 Å². The summed E-state index contributed by atoms with van der Waals surface area (Å²) in [6.45, 7) is 1.85. The molecule has 1 aliphatic rings. The molecule has 1 aromatic rings. The van der Waals surface area contributed by atoms with Crippen LogP contribution in [0.2, 0.25) is 0 Å². The zero-order valence-electron chi connectivity index (χ0n) is 6.42. The molecule has 0 atom stereocenters. The van der Waals surface area contributed by atoms with Crippen molar-refractivity contribution in [2.24, 2.45) is 0 Å². The van der Waals surface area contributed by atoms with Crippen LogP contribution >= 0.6 is 27.3 Å². The third-order valence-corrected chi connectivity index (χ3v) is 3.46. The summed E-state index contributed by atoms with van der Waals surface area (Å²) in [5.74, 6) is 0.170. The molecule has 2 heterocycles. The number of likely N-dealkylation sites (tertiary alicyclic amines) is 1. The highest BCUT2D eigenvalue weighted by Crippen LogP contribution is 2.23. The van der Waals surface area contributed by atoms with Crippen molar-refractivity contribution < 1.29 is 4.79 Å². The zero-order valence-corrected chi connectivity index (χ0v) is 8.82. The van der Waals surface area contributed by atoms with E-state index in [1.165, 1.54) is 0 Å². The van der Waals surface area contributed by atoms with Gasteiger partial charge in [-0.25, -0.2) is 0 Å². The lowest BCUT2D eigenvalue weighted by molar-refractivity contribution is 0.0652. The molecule has 0 N–H and O–H groups in total. The molecule has 0 bridgehead atoms. The average Bonchev–Trinajstić information content (AvgIpc) is 2.31. The lowest BCUT2D eigenvalue weighted by atomic mass is 10.2. The van der Waals surface area contributed by atoms with Crippen LogP contribution in [0.15, 0.2) is 15.2 Å². The van der Waals surface area contributed by atoms with Gasteiger partial charge < -0.3 is 4.90 Å². The van der Waals surface area contributed by atoms with Crippen molar-refractivity contribution >= 4 is 33.2 Å². The van der Waals surface area contributed by atoms with Crippen LogP contribution in [0.3, 0.4) is 0 Å². The van der Waals surface area contributed by atoms with Crippen LogP contribution in [0.25, 0.3) is 0 Å². The van der Waals surface area contributed by atoms with Gasteiger partial charge in [0.2, 0.25) is 0 Å². The summed E-state index contributed by atoms with van der Waals surface area (Å²) in [6.07, 6.45) is 1.15. The lowest BCUT2D eigenvalue weighted by Gasteiger charge is -2.30. The van der Waals surface area contributed by atoms with Crippen molar-refractivity contribution in [2.75, 3.05) is 13.1 Å². The van der Waals surface area contributed by atoms with Gasteiger partial charge in [-0.2, -0.15) is 0 Å². The molecule has 0 aliphatic carbocycles. The molecule has 1 aromatic heterocycles. The molecule has 2 nitrogen and oxygen atoms in total. The molecule has 4 heteroatoms. The van der Waals surface area contributed by atoms with Gasteiger partial charge in [-0.1, -0.05) is 0 Å². The molecule has 0 radical (unpaired) electrons. The molecule has 2 rings (SSSR count). The number of amides is 1. The predicted molar refractivity (Wildman–Crippen MR) is 52.5 cm³/mol. The number of hydrogen-bond donors (Lipinski definition) is 0. The number of rotatable bonds is 1. The molecular formula is C8H8BrNOS. The van der Waals surface area contributed by atoms with Crippen LogP contribution in [0.4, 0.5) is 0 Å². The summed E-state index contributed by atoms with van der Waals surface area (Å²) in [4.78, 5) is 13.4. The number of carbonyl (C=O) groups excluding carboxylic acids is 1. The van der Waals surface area contributed by atoms with E-state index in [-0.39, 0.29) is 5.91 Å². The number of carbonyl (C=O) groups is 1. The Morgan fingerprint density at radius 3 is 2.75 bits per heavy atom. The number of halogens is 1. The SMILES string of the molecule is O=C(c1csc(Br)c1)N1CCC1. The Labute approximate surface area is 83.3 Å². The molecular weight excluding hydrogens is 238 g/mol. The van der Waals surface area contributed by atoms with Crippen molar-refractivity contribution in [3.05, 3.63) is 20.8 Å². The van der Waals surface area contributed by atoms with Crippen molar-refractivity contribution in [2.45, 2.75) is 6.42 Å². The van der Waals surface area contributed by atoms with Crippen LogP contribution in [-0.2, 0) is 0 Å². The van der Waals surface area contributed by atoms with Gasteiger partial charge in [0.15, 0.2) is 0 Å². The van der Waals surface area contributed by atoms with Gasteiger partial charge in [-0.15, -0.1) is 11.3 Å². The summed E-state index contributed by atoms with van der Waals surface area (Å²) in [5, 5.41) is 1.89. The van der Waals surface area contributed by atoms with E-state index in [1.54, 1.807) is 11.3 Å². The van der Waals surface area contributed by atoms with E-state index < -0.39 is 0 Å². The summed E-state index contributed by atoms with van der Waals surface area (Å²) < 4.78 is 1.02. The number of nitrogens with zero attached hydrogens (tertiary/aromatic N) is 1. The first-order valence-electron chi connectivity index (χ1n) is 3.81. The molecule has 0 spiro atoms. The van der Waals surface area contributed by atoms with Crippen molar-refractivity contribution in [3.63, 3.8) is 0 Å². The van der Waals surface area contributed by atoms with E-state index in [4.69, 9.17) is 0 Å². The van der Waals surface area contributed by atoms with E-state index in [9.17, 15) is 4.79 Å². The van der Waals surface area contributed by atoms with Gasteiger partial charge in [0.25, 0.3) is 5.91 Å². The second kappa shape index (κ2) is 3.18. The maximum atomic E-state index is 11.6. The van der Waals surface area contributed by atoms with Gasteiger partial charge in [0.1, 0.15) is 0 Å². The lowest BCUT2D eigenvalue weighted by Crippen LogP contribution is -2.41. The minimum absolute atomic E-state index is 0.170. The monoisotopic (exact) mass is 245 g/mol. The zero-order chi connectivity index (χ0) is 8.55. The van der Waals surface area contributed by atoms with E-state index in [2.05, 4.69) is 15.9 Å². The fraction of sp³-hybridized carbons (Fsp3) is 0.375. The molecule has 1 amide bonds. The smallest absolute Gasteiger partial charge is 0.254 e. The second-order valence-electron chi connectivity index (χ2n) is 2.79. The normalized spacial score (nSPS) is 15.9. The Bertz CT molecular complexity index is 306. The summed E-state index contributed by atoms with van der Waals surface area (Å²) in [6, 6.07) is 1.88. The van der Waals surface area contributed by atoms with Crippen molar-refractivity contribution in [1.29, 1.82) is 0 Å². The van der Waals surface area contributed by atoms with E-state index in [1.807, 2.05) is 16.3 Å². The quantitative estimate of drug-likeness (QED) is 0.744. The van der Waals surface area contributed by atoms with Crippen LogP contribution in [-0.4, -0.2) is 23.9 Å². The standard InChI is InChI=1S/C8H8BrNOS/c9-7-4-6(5-12-7)8(11)10-2-1-3-10/h4-5H,1-3H2. The average molecular weight is 246 g/mol. The van der Waals surface area contributed by atoms with Crippen molar-refractivity contribution in [3.8, 4) is 0 Å². The van der Waals surface area contributed by atoms with Crippen LogP contribution in [0.1, 0.15) is 16.8 Å². The third-order valence-electron chi connectivity index (χ3n) is 1.96. The summed E-state index contributed by atoms with van der Waals surface area (Å²) in [5.41, 5.74) is 0.812. The topological polar surface area (TPSA) is 20.3 Å². The maximum Gasteiger partial charge on any atom is 0.254 e. The third kappa shape index (κ3) is 1.41. The minimum atomic E-state index is 0.170. The molecule has 0 aromatic carbocycles. The van der Waals surface area contributed by atoms with Gasteiger partial charge in [0.05, 0.1) is 9.35 Å². The first-order valence-corrected chi connectivity index (χ1v) is 5.48. The van der Waals surface area contributed by atoms with Crippen molar-refractivity contribution in [1.82, 2.24) is 4.90 Å². The fourth-order valence-corrected chi connectivity index (χ4v) is 2.25. The van der Waals surface area contributed by atoms with Gasteiger partial charge in [-0.05, 0) is 28.4 Å². The number of hydrogen-bond acceptors (Lipinski definition) is 2. The Morgan fingerprint density at radius 1 is 1.58 bits per heavy atom. The van der Waals surface area contributed by atoms with Crippen LogP contribution < -0.4 is 0 Å². The van der Waals surface area contributed by atoms with E-state index in [0.29, 0.717) is 0 Å². The molecule has 12 heavy (non-hydrogen) atoms. The highest BCUT2D eigenvalue weighted by atomic mass is 79.9. The largest absolute Gasteiger partial charge is 0.338 e. The second-order valence-corrected chi connectivity index (χ2v) is 5.08. The van der Waals surface area contributed by atoms with Gasteiger partial charge >= 0.3 is 0 Å². The Morgan fingerprint density at radius 2 is 2.33 bits per heavy atom. The molecule has 1 aliphatic heterocycles. The summed E-state index contributed by atoms with van der Waals surface area (Å²) >= 11 is 4.89. The Hall–Kier alpha value is -0.350. The molecule has 64 valence electrons. The Kier molecular flexibility index (Phi) is 2.19. The van der Waals surface area contributed by atoms with E-state index >= 15 is 0 Å². The van der Waals surface area contributed by atoms with E-state index in [0.717, 1.165) is 28.9 Å². The molecule has 1 fully saturated rings. The van der Waals surface area contributed by atoms with Crippen LogP contribution in [0, 0.1) is 0 Å². The highest BCUT2D eigenvalue weighted by molar-refractivity contribution is 9.11. The predicted octanol–water partition coefficient (Wildman–Crippen LogP) is 2.36.